The number of nitrogens with one attached hydrogen (secondary N) is 2. The molecule has 5 N–H and O–H groups in total. The summed E-state index contributed by atoms with van der Waals surface area (Å²) in [6.45, 7) is 4.74. The molecule has 0 aliphatic heterocycles. The Morgan fingerprint density at radius 2 is 1.69 bits per heavy atom. The predicted molar refractivity (Wildman–Crippen MR) is 58.7 cm³/mol. The molecule has 2 amide bonds. The number of hydrogen-bond acceptors (Lipinski definition) is 4. The van der Waals surface area contributed by atoms with Gasteiger partial charge in [-0.25, -0.2) is 0 Å². The van der Waals surface area contributed by atoms with E-state index in [1.165, 1.54) is 6.92 Å². The third-order valence-electron chi connectivity index (χ3n) is 1.27. The van der Waals surface area contributed by atoms with Crippen molar-refractivity contribution < 1.29 is 19.5 Å². The minimum atomic E-state index is -1.14. The van der Waals surface area contributed by atoms with Crippen LogP contribution in [0.15, 0.2) is 0 Å². The van der Waals surface area contributed by atoms with Crippen LogP contribution in [0.1, 0.15) is 20.8 Å². The summed E-state index contributed by atoms with van der Waals surface area (Å²) in [5, 5.41) is 12.5. The first-order chi connectivity index (χ1) is 7.43. The summed E-state index contributed by atoms with van der Waals surface area (Å²) in [6, 6.07) is -0.692. The maximum absolute atomic E-state index is 10.9. The van der Waals surface area contributed by atoms with Crippen LogP contribution in [0.4, 0.5) is 0 Å². The van der Waals surface area contributed by atoms with Gasteiger partial charge in [0.1, 0.15) is 6.54 Å². The first-order valence-corrected chi connectivity index (χ1v) is 4.95. The third-order valence-corrected chi connectivity index (χ3v) is 1.27. The number of carboxylic acid groups (broad SMARTS) is 1. The molecule has 7 heteroatoms. The van der Waals surface area contributed by atoms with E-state index in [1.54, 1.807) is 0 Å². The van der Waals surface area contributed by atoms with Crippen LogP contribution in [0.3, 0.4) is 0 Å². The van der Waals surface area contributed by atoms with Gasteiger partial charge in [-0.3, -0.25) is 14.4 Å². The zero-order chi connectivity index (χ0) is 13.1. The van der Waals surface area contributed by atoms with Gasteiger partial charge in [0.05, 0.1) is 12.6 Å². The molecule has 0 radical (unpaired) electrons. The number of carbonyl (C=O) groups is 3. The largest absolute Gasteiger partial charge is 0.480 e. The van der Waals surface area contributed by atoms with Crippen LogP contribution in [0.5, 0.6) is 0 Å². The van der Waals surface area contributed by atoms with Crippen molar-refractivity contribution in [2.75, 3.05) is 13.1 Å². The SMILES string of the molecule is CC.CC(N)C(=O)NCC(=O)NCC(=O)O. The Hall–Kier alpha value is -1.63. The molecular weight excluding hydrogens is 214 g/mol. The quantitative estimate of drug-likeness (QED) is 0.469. The van der Waals surface area contributed by atoms with Crippen molar-refractivity contribution in [2.24, 2.45) is 5.73 Å². The fourth-order valence-electron chi connectivity index (χ4n) is 0.565. The van der Waals surface area contributed by atoms with Gasteiger partial charge in [0.15, 0.2) is 0 Å². The van der Waals surface area contributed by atoms with E-state index in [1.807, 2.05) is 13.8 Å². The summed E-state index contributed by atoms with van der Waals surface area (Å²) in [7, 11) is 0. The van der Waals surface area contributed by atoms with E-state index >= 15 is 0 Å². The fraction of sp³-hybridized carbons (Fsp3) is 0.667. The Balaban J connectivity index is 0. The van der Waals surface area contributed by atoms with Gasteiger partial charge in [-0.05, 0) is 6.92 Å². The van der Waals surface area contributed by atoms with Crippen LogP contribution >= 0.6 is 0 Å². The first kappa shape index (κ1) is 16.8. The highest BCUT2D eigenvalue weighted by atomic mass is 16.4. The lowest BCUT2D eigenvalue weighted by Crippen LogP contribution is -2.44. The van der Waals surface area contributed by atoms with Crippen LogP contribution in [0.2, 0.25) is 0 Å². The maximum Gasteiger partial charge on any atom is 0.322 e. The summed E-state index contributed by atoms with van der Waals surface area (Å²) in [4.78, 5) is 31.7. The van der Waals surface area contributed by atoms with E-state index < -0.39 is 30.4 Å². The number of amides is 2. The van der Waals surface area contributed by atoms with E-state index in [-0.39, 0.29) is 6.54 Å². The minimum absolute atomic E-state index is 0.270. The number of carboxylic acids is 1. The monoisotopic (exact) mass is 233 g/mol. The molecule has 0 aromatic rings. The molecule has 0 saturated carbocycles. The molecule has 0 aromatic heterocycles. The van der Waals surface area contributed by atoms with Gasteiger partial charge in [-0.1, -0.05) is 13.8 Å². The van der Waals surface area contributed by atoms with Gasteiger partial charge < -0.3 is 21.5 Å². The van der Waals surface area contributed by atoms with Gasteiger partial charge in [0.2, 0.25) is 11.8 Å². The third kappa shape index (κ3) is 10.5. The van der Waals surface area contributed by atoms with Crippen LogP contribution in [-0.2, 0) is 14.4 Å². The standard InChI is InChI=1S/C7H13N3O4.C2H6/c1-4(8)7(14)10-2-5(11)9-3-6(12)13;1-2/h4H,2-3,8H2,1H3,(H,9,11)(H,10,14)(H,12,13);1-2H3. The van der Waals surface area contributed by atoms with E-state index in [2.05, 4.69) is 10.6 Å². The number of hydrogen-bond donors (Lipinski definition) is 4. The number of nitrogens with two attached hydrogens (primary N) is 1. The normalized spacial score (nSPS) is 10.5. The van der Waals surface area contributed by atoms with E-state index in [0.717, 1.165) is 0 Å². The number of aliphatic carboxylic acids is 1. The zero-order valence-electron chi connectivity index (χ0n) is 9.74. The van der Waals surface area contributed by atoms with Crippen LogP contribution in [-0.4, -0.2) is 42.0 Å². The summed E-state index contributed by atoms with van der Waals surface area (Å²) in [5.74, 6) is -2.17. The topological polar surface area (TPSA) is 122 Å². The molecule has 0 aliphatic carbocycles. The summed E-state index contributed by atoms with van der Waals surface area (Å²) in [6.07, 6.45) is 0. The molecule has 1 unspecified atom stereocenters. The van der Waals surface area contributed by atoms with Gasteiger partial charge in [0, 0.05) is 0 Å². The van der Waals surface area contributed by atoms with E-state index in [9.17, 15) is 14.4 Å². The van der Waals surface area contributed by atoms with Crippen molar-refractivity contribution in [3.63, 3.8) is 0 Å². The van der Waals surface area contributed by atoms with E-state index in [4.69, 9.17) is 10.8 Å². The molecule has 16 heavy (non-hydrogen) atoms. The van der Waals surface area contributed by atoms with Gasteiger partial charge in [-0.15, -0.1) is 0 Å². The predicted octanol–water partition coefficient (Wildman–Crippen LogP) is -1.32. The Bertz CT molecular complexity index is 241. The molecule has 0 spiro atoms. The van der Waals surface area contributed by atoms with E-state index in [0.29, 0.717) is 0 Å². The molecule has 0 aliphatic rings. The molecular formula is C9H19N3O4. The Morgan fingerprint density at radius 1 is 1.19 bits per heavy atom. The fourth-order valence-corrected chi connectivity index (χ4v) is 0.565. The highest BCUT2D eigenvalue weighted by Crippen LogP contribution is 1.74. The molecule has 7 nitrogen and oxygen atoms in total. The second kappa shape index (κ2) is 9.91. The smallest absolute Gasteiger partial charge is 0.322 e. The second-order valence-electron chi connectivity index (χ2n) is 2.68. The summed E-state index contributed by atoms with van der Waals surface area (Å²) < 4.78 is 0. The van der Waals surface area contributed by atoms with Crippen molar-refractivity contribution in [3.8, 4) is 0 Å². The molecule has 0 fully saturated rings. The minimum Gasteiger partial charge on any atom is -0.480 e. The van der Waals surface area contributed by atoms with Gasteiger partial charge >= 0.3 is 5.97 Å². The highest BCUT2D eigenvalue weighted by molar-refractivity contribution is 5.88. The molecule has 0 heterocycles. The molecule has 0 aromatic carbocycles. The average Bonchev–Trinajstić information content (AvgIpc) is 2.25. The average molecular weight is 233 g/mol. The highest BCUT2D eigenvalue weighted by Gasteiger charge is 2.09. The van der Waals surface area contributed by atoms with Crippen molar-refractivity contribution in [1.82, 2.24) is 10.6 Å². The summed E-state index contributed by atoms with van der Waals surface area (Å²) in [5.41, 5.74) is 5.21. The Kier molecular flexibility index (Phi) is 10.4. The molecule has 0 saturated heterocycles. The lowest BCUT2D eigenvalue weighted by atomic mass is 10.3. The van der Waals surface area contributed by atoms with Crippen molar-refractivity contribution in [2.45, 2.75) is 26.8 Å². The maximum atomic E-state index is 10.9. The summed E-state index contributed by atoms with van der Waals surface area (Å²) >= 11 is 0. The molecule has 0 rings (SSSR count). The van der Waals surface area contributed by atoms with Crippen LogP contribution < -0.4 is 16.4 Å². The van der Waals surface area contributed by atoms with Crippen molar-refractivity contribution >= 4 is 17.8 Å². The lowest BCUT2D eigenvalue weighted by molar-refractivity contribution is -0.137. The number of carbonyl (C=O) groups excluding carboxylic acids is 2. The van der Waals surface area contributed by atoms with Crippen molar-refractivity contribution in [3.05, 3.63) is 0 Å². The van der Waals surface area contributed by atoms with Gasteiger partial charge in [-0.2, -0.15) is 0 Å². The van der Waals surface area contributed by atoms with Crippen LogP contribution in [0, 0.1) is 0 Å². The lowest BCUT2D eigenvalue weighted by Gasteiger charge is -2.06. The zero-order valence-corrected chi connectivity index (χ0v) is 9.74. The second-order valence-corrected chi connectivity index (χ2v) is 2.68. The van der Waals surface area contributed by atoms with Crippen LogP contribution in [0.25, 0.3) is 0 Å². The Morgan fingerprint density at radius 3 is 2.06 bits per heavy atom. The first-order valence-electron chi connectivity index (χ1n) is 4.95. The Labute approximate surface area is 94.4 Å². The molecule has 0 bridgehead atoms. The van der Waals surface area contributed by atoms with Gasteiger partial charge in [0.25, 0.3) is 0 Å². The number of rotatable bonds is 5. The van der Waals surface area contributed by atoms with Crippen molar-refractivity contribution in [1.29, 1.82) is 0 Å². The molecule has 94 valence electrons. The molecule has 1 atom stereocenters.